The molecule has 12 heterocycles. The van der Waals surface area contributed by atoms with E-state index in [0.29, 0.717) is 0 Å². The molecule has 0 fully saturated rings. The third kappa shape index (κ3) is 40.7. The Morgan fingerprint density at radius 3 is 1.53 bits per heavy atom. The summed E-state index contributed by atoms with van der Waals surface area (Å²) in [4.78, 5) is 29.8. The van der Waals surface area contributed by atoms with Crippen LogP contribution in [0, 0.1) is 83.1 Å². The average molecular weight is 1070 g/mol. The molecule has 0 saturated heterocycles. The van der Waals surface area contributed by atoms with Crippen molar-refractivity contribution in [2.75, 3.05) is 0 Å². The Labute approximate surface area is 442 Å². The normalized spacial score (nSPS) is 8.83. The summed E-state index contributed by atoms with van der Waals surface area (Å²) in [6.45, 7) is 23.4. The fourth-order valence-corrected chi connectivity index (χ4v) is 6.00. The number of nitrogens with zero attached hydrogens (tertiary/aromatic N) is 9. The molecule has 0 aromatic carbocycles. The van der Waals surface area contributed by atoms with Gasteiger partial charge >= 0.3 is 0 Å². The summed E-state index contributed by atoms with van der Waals surface area (Å²) < 4.78 is 31.8. The van der Waals surface area contributed by atoms with Gasteiger partial charge in [0.15, 0.2) is 18.7 Å². The Morgan fingerprint density at radius 1 is 0.528 bits per heavy atom. The zero-order chi connectivity index (χ0) is 52.9. The number of aromatic nitrogens is 10. The van der Waals surface area contributed by atoms with Gasteiger partial charge in [-0.15, -0.1) is 45.3 Å². The van der Waals surface area contributed by atoms with Gasteiger partial charge in [0.25, 0.3) is 0 Å². The van der Waals surface area contributed by atoms with Crippen LogP contribution in [-0.4, -0.2) is 49.6 Å². The summed E-state index contributed by atoms with van der Waals surface area (Å²) >= 11 is 8.27. The molecule has 0 aliphatic rings. The highest BCUT2D eigenvalue weighted by Crippen LogP contribution is 2.04. The minimum atomic E-state index is 0.718. The Bertz CT molecular complexity index is 2030. The second-order valence-corrected chi connectivity index (χ2v) is 18.9. The minimum absolute atomic E-state index is 0.718. The lowest BCUT2D eigenvalue weighted by molar-refractivity contribution is 0.397. The molecule has 21 heteroatoms. The Balaban J connectivity index is 0.000000393. The van der Waals surface area contributed by atoms with Crippen molar-refractivity contribution in [2.45, 2.75) is 83.1 Å². The van der Waals surface area contributed by atoms with E-state index in [-0.39, 0.29) is 0 Å². The Morgan fingerprint density at radius 2 is 1.36 bits per heavy atom. The number of furan rings is 1. The maximum atomic E-state index is 4.83. The molecule has 0 aliphatic carbocycles. The molecule has 12 aromatic heterocycles. The molecule has 0 bridgehead atoms. The summed E-state index contributed by atoms with van der Waals surface area (Å²) in [6, 6.07) is 17.6. The molecule has 0 saturated carbocycles. The number of hydrogen-bond acceptors (Lipinski definition) is 20. The molecule has 1 N–H and O–H groups in total. The number of H-pyrrole nitrogens is 1. The number of rotatable bonds is 0. The predicted molar refractivity (Wildman–Crippen MR) is 292 cm³/mol. The lowest BCUT2D eigenvalue weighted by Crippen LogP contribution is -1.59. The second-order valence-electron chi connectivity index (χ2n) is 13.8. The van der Waals surface area contributed by atoms with Gasteiger partial charge in [-0.1, -0.05) is 16.4 Å². The Hall–Kier alpha value is -7.17. The van der Waals surface area contributed by atoms with Crippen LogP contribution >= 0.6 is 56.9 Å². The maximum absolute atomic E-state index is 4.83. The SMILES string of the molecule is Cc1ccc[nH]1.Cc1ccco1.Cc1cccs1.Cc1ccno1.Cc1ccns1.Cc1ccon1.Cc1cnco1.Cc1cncs1.Cc1cocn1.Cc1cscn1.Cc1ncco1.Cc1nccs1. The van der Waals surface area contributed by atoms with Crippen LogP contribution in [0.4, 0.5) is 0 Å². The van der Waals surface area contributed by atoms with Gasteiger partial charge in [0.05, 0.1) is 52.3 Å². The van der Waals surface area contributed by atoms with Crippen LogP contribution < -0.4 is 0 Å². The van der Waals surface area contributed by atoms with Gasteiger partial charge in [-0.3, -0.25) is 15.0 Å². The number of thiophene rings is 1. The zero-order valence-corrected chi connectivity index (χ0v) is 46.7. The molecule has 12 aromatic rings. The van der Waals surface area contributed by atoms with Crippen LogP contribution in [0.1, 0.15) is 65.6 Å². The zero-order valence-electron chi connectivity index (χ0n) is 42.6. The summed E-state index contributed by atoms with van der Waals surface area (Å²) in [5.41, 5.74) is 7.84. The van der Waals surface area contributed by atoms with E-state index in [1.807, 2.05) is 134 Å². The van der Waals surface area contributed by atoms with Crippen molar-refractivity contribution in [3.63, 3.8) is 0 Å². The third-order valence-electron chi connectivity index (χ3n) is 7.12. The van der Waals surface area contributed by atoms with Crippen molar-refractivity contribution in [3.05, 3.63) is 229 Å². The number of nitrogens with one attached hydrogen (secondary N) is 1. The van der Waals surface area contributed by atoms with Crippen LogP contribution in [0.2, 0.25) is 0 Å². The quantitative estimate of drug-likeness (QED) is 0.150. The third-order valence-corrected chi connectivity index (χ3v) is 10.7. The molecular weight excluding hydrogens is 1010 g/mol. The van der Waals surface area contributed by atoms with E-state index >= 15 is 0 Å². The van der Waals surface area contributed by atoms with Gasteiger partial charge in [-0.05, 0) is 129 Å². The first-order valence-corrected chi connectivity index (χ1v) is 25.9. The van der Waals surface area contributed by atoms with Crippen molar-refractivity contribution in [1.82, 2.24) is 49.6 Å². The van der Waals surface area contributed by atoms with E-state index in [1.54, 1.807) is 120 Å². The predicted octanol–water partition coefficient (Wildman–Crippen LogP) is 15.7. The minimum Gasteiger partial charge on any atom is -0.470 e. The number of thiazole rings is 3. The highest BCUT2D eigenvalue weighted by molar-refractivity contribution is 7.10. The molecule has 16 nitrogen and oxygen atoms in total. The summed E-state index contributed by atoms with van der Waals surface area (Å²) in [7, 11) is 0. The first kappa shape index (κ1) is 62.8. The average Bonchev–Trinajstić information content (AvgIpc) is 4.18. The monoisotopic (exact) mass is 1070 g/mol. The van der Waals surface area contributed by atoms with E-state index in [9.17, 15) is 0 Å². The summed E-state index contributed by atoms with van der Waals surface area (Å²) in [6.07, 6.45) is 21.5. The van der Waals surface area contributed by atoms with Crippen LogP contribution in [-0.2, 0) is 0 Å². The van der Waals surface area contributed by atoms with Gasteiger partial charge in [-0.25, -0.2) is 19.3 Å². The van der Waals surface area contributed by atoms with E-state index in [2.05, 4.69) is 87.5 Å². The van der Waals surface area contributed by atoms with Gasteiger partial charge in [0, 0.05) is 80.6 Å². The van der Waals surface area contributed by atoms with Gasteiger partial charge in [0.2, 0.25) is 0 Å². The van der Waals surface area contributed by atoms with E-state index < -0.39 is 0 Å². The van der Waals surface area contributed by atoms with Gasteiger partial charge < -0.3 is 31.7 Å². The fourth-order valence-electron chi connectivity index (χ4n) is 3.67. The number of hydrogen-bond donors (Lipinski definition) is 1. The number of oxazole rings is 3. The number of aromatic amines is 1. The molecule has 0 aliphatic heterocycles. The highest BCUT2D eigenvalue weighted by atomic mass is 32.1. The molecule has 0 amide bonds. The van der Waals surface area contributed by atoms with Crippen LogP contribution in [0.15, 0.2) is 190 Å². The van der Waals surface area contributed by atoms with Crippen molar-refractivity contribution >= 4 is 56.9 Å². The number of aryl methyl sites for hydroxylation is 12. The topological polar surface area (TPSA) is 211 Å². The standard InChI is InChI=1S/C5H7N.C5H6O.C5H6S.5C4H5NO.4C4H5NS/c3*1-5-3-2-4-6-5;1-4-2-6-3-5-4;1-4-2-5-3-6-4;1-4-5-2-3-6-4;1-4-2-3-6-5-4;1-4-2-3-5-6-4;1-4-2-6-3-5-4;1-4-2-5-3-6-4;1-4-5-2-3-6-4;1-4-2-3-5-6-4/h2-4,6H,1H3;2*2-4H,1H3;9*2-3H,1H3. The first-order valence-electron chi connectivity index (χ1n) is 21.6. The fraction of sp³-hybridized carbons (Fsp3) is 0.235. The Kier molecular flexibility index (Phi) is 37.3. The van der Waals surface area contributed by atoms with E-state index in [4.69, 9.17) is 13.3 Å². The first-order chi connectivity index (χ1) is 34.7. The molecule has 0 unspecified atom stereocenters. The van der Waals surface area contributed by atoms with E-state index in [0.717, 1.165) is 45.3 Å². The molecule has 0 radical (unpaired) electrons. The maximum Gasteiger partial charge on any atom is 0.190 e. The lowest BCUT2D eigenvalue weighted by atomic mass is 10.5. The second kappa shape index (κ2) is 42.7. The van der Waals surface area contributed by atoms with Crippen molar-refractivity contribution in [3.8, 4) is 0 Å². The van der Waals surface area contributed by atoms with Gasteiger partial charge in [0.1, 0.15) is 36.1 Å². The van der Waals surface area contributed by atoms with Crippen LogP contribution in [0.5, 0.6) is 0 Å². The largest absolute Gasteiger partial charge is 0.470 e. The lowest BCUT2D eigenvalue weighted by Gasteiger charge is -1.70. The van der Waals surface area contributed by atoms with Crippen LogP contribution in [0.25, 0.3) is 0 Å². The van der Waals surface area contributed by atoms with Gasteiger partial charge in [-0.2, -0.15) is 0 Å². The molecular formula is C51H64N10O6S5. The molecule has 72 heavy (non-hydrogen) atoms. The molecule has 0 spiro atoms. The smallest absolute Gasteiger partial charge is 0.190 e. The van der Waals surface area contributed by atoms with E-state index in [1.165, 1.54) is 44.6 Å². The molecule has 12 rings (SSSR count). The van der Waals surface area contributed by atoms with Crippen molar-refractivity contribution in [2.24, 2.45) is 0 Å². The summed E-state index contributed by atoms with van der Waals surface area (Å²) in [5, 5.41) is 14.2. The molecule has 384 valence electrons. The highest BCUT2D eigenvalue weighted by Gasteiger charge is 1.82. The van der Waals surface area contributed by atoms with Crippen molar-refractivity contribution < 1.29 is 26.7 Å². The summed E-state index contributed by atoms with van der Waals surface area (Å²) in [5.74, 6) is 3.40. The van der Waals surface area contributed by atoms with Crippen molar-refractivity contribution in [1.29, 1.82) is 0 Å². The molecule has 0 atom stereocenters. The van der Waals surface area contributed by atoms with Crippen LogP contribution in [0.3, 0.4) is 0 Å².